The summed E-state index contributed by atoms with van der Waals surface area (Å²) < 4.78 is -0.747. The first-order valence-corrected chi connectivity index (χ1v) is 7.29. The fourth-order valence-corrected chi connectivity index (χ4v) is 3.08. The van der Waals surface area contributed by atoms with Crippen molar-refractivity contribution in [1.82, 2.24) is 20.2 Å². The topological polar surface area (TPSA) is 74.4 Å². The molecule has 1 unspecified atom stereocenters. The summed E-state index contributed by atoms with van der Waals surface area (Å²) in [4.78, 5) is 18.4. The zero-order chi connectivity index (χ0) is 14.2. The van der Waals surface area contributed by atoms with E-state index < -0.39 is 4.75 Å². The summed E-state index contributed by atoms with van der Waals surface area (Å²) in [6.45, 7) is 1.85. The summed E-state index contributed by atoms with van der Waals surface area (Å²) in [6, 6.07) is 9.93. The Balaban J connectivity index is 1.99. The molecular formula is C13H12N4OS2. The Morgan fingerprint density at radius 3 is 2.70 bits per heavy atom. The van der Waals surface area contributed by atoms with Crippen LogP contribution in [0.25, 0.3) is 10.6 Å². The van der Waals surface area contributed by atoms with Gasteiger partial charge in [-0.3, -0.25) is 4.98 Å². The molecular weight excluding hydrogens is 292 g/mol. The number of aromatic nitrogens is 4. The number of nitrogens with one attached hydrogen (secondary N) is 2. The van der Waals surface area contributed by atoms with E-state index in [9.17, 15) is 4.79 Å². The lowest BCUT2D eigenvalue weighted by molar-refractivity contribution is 0.743. The van der Waals surface area contributed by atoms with Gasteiger partial charge < -0.3 is 0 Å². The molecule has 0 aliphatic carbocycles. The Labute approximate surface area is 124 Å². The highest BCUT2D eigenvalue weighted by molar-refractivity contribution is 7.81. The summed E-state index contributed by atoms with van der Waals surface area (Å²) in [6.07, 6.45) is 0. The van der Waals surface area contributed by atoms with Crippen LogP contribution in [0.3, 0.4) is 0 Å². The predicted octanol–water partition coefficient (Wildman–Crippen LogP) is 2.41. The molecule has 2 aromatic heterocycles. The maximum atomic E-state index is 11.2. The first-order valence-electron chi connectivity index (χ1n) is 5.96. The van der Waals surface area contributed by atoms with E-state index in [0.717, 1.165) is 16.3 Å². The predicted molar refractivity (Wildman–Crippen MR) is 82.2 cm³/mol. The molecule has 20 heavy (non-hydrogen) atoms. The number of thiol groups is 1. The highest BCUT2D eigenvalue weighted by atomic mass is 32.1. The summed E-state index contributed by atoms with van der Waals surface area (Å²) >= 11 is 6.14. The van der Waals surface area contributed by atoms with E-state index >= 15 is 0 Å². The molecule has 102 valence electrons. The third-order valence-corrected chi connectivity index (χ3v) is 4.32. The third-order valence-electron chi connectivity index (χ3n) is 2.99. The van der Waals surface area contributed by atoms with Gasteiger partial charge in [-0.1, -0.05) is 30.3 Å². The Morgan fingerprint density at radius 2 is 2.05 bits per heavy atom. The van der Waals surface area contributed by atoms with Crippen molar-refractivity contribution in [2.75, 3.05) is 0 Å². The van der Waals surface area contributed by atoms with Crippen LogP contribution in [-0.2, 0) is 4.75 Å². The Hall–Kier alpha value is -1.86. The molecule has 3 aromatic rings. The molecule has 0 saturated heterocycles. The van der Waals surface area contributed by atoms with Crippen LogP contribution in [0.1, 0.15) is 18.4 Å². The summed E-state index contributed by atoms with van der Waals surface area (Å²) in [5.74, 6) is 0.454. The molecule has 0 fully saturated rings. The van der Waals surface area contributed by atoms with E-state index in [4.69, 9.17) is 0 Å². The summed E-state index contributed by atoms with van der Waals surface area (Å²) in [5, 5.41) is 9.14. The van der Waals surface area contributed by atoms with Crippen LogP contribution in [-0.4, -0.2) is 20.2 Å². The van der Waals surface area contributed by atoms with Crippen molar-refractivity contribution in [1.29, 1.82) is 0 Å². The quantitative estimate of drug-likeness (QED) is 0.651. The van der Waals surface area contributed by atoms with Gasteiger partial charge in [-0.2, -0.15) is 17.7 Å². The van der Waals surface area contributed by atoms with Crippen LogP contribution in [0, 0.1) is 0 Å². The number of hydrogen-bond donors (Lipinski definition) is 3. The van der Waals surface area contributed by atoms with Crippen LogP contribution in [0.4, 0.5) is 0 Å². The van der Waals surface area contributed by atoms with Gasteiger partial charge in [0.25, 0.3) is 0 Å². The van der Waals surface area contributed by atoms with Crippen molar-refractivity contribution < 1.29 is 0 Å². The Kier molecular flexibility index (Phi) is 3.23. The molecule has 1 atom stereocenters. The number of H-pyrrole nitrogens is 2. The summed E-state index contributed by atoms with van der Waals surface area (Å²) in [5.41, 5.74) is 1.47. The minimum Gasteiger partial charge on any atom is -0.291 e. The van der Waals surface area contributed by atoms with Gasteiger partial charge in [-0.05, 0) is 6.92 Å². The minimum atomic E-state index is -0.747. The van der Waals surface area contributed by atoms with Crippen molar-refractivity contribution in [2.45, 2.75) is 11.7 Å². The van der Waals surface area contributed by atoms with Crippen LogP contribution in [0.2, 0.25) is 0 Å². The minimum absolute atomic E-state index is 0.348. The standard InChI is InChI=1S/C13H12N4OS2/c1-13(19,11-15-12(18)17-16-11)9-7-20-10(14-9)8-5-3-2-4-6-8/h2-7,19H,1H3,(H2,15,16,17,18). The van der Waals surface area contributed by atoms with E-state index in [1.54, 1.807) is 11.3 Å². The van der Waals surface area contributed by atoms with E-state index in [0.29, 0.717) is 5.82 Å². The van der Waals surface area contributed by atoms with E-state index in [-0.39, 0.29) is 5.69 Å². The smallest absolute Gasteiger partial charge is 0.291 e. The van der Waals surface area contributed by atoms with Crippen LogP contribution >= 0.6 is 24.0 Å². The van der Waals surface area contributed by atoms with Gasteiger partial charge in [0.15, 0.2) is 5.82 Å². The maximum absolute atomic E-state index is 11.2. The molecule has 3 rings (SSSR count). The van der Waals surface area contributed by atoms with Crippen LogP contribution in [0.5, 0.6) is 0 Å². The van der Waals surface area contributed by atoms with Crippen molar-refractivity contribution in [3.05, 3.63) is 57.7 Å². The number of aromatic amines is 2. The van der Waals surface area contributed by atoms with Crippen LogP contribution in [0.15, 0.2) is 40.5 Å². The fourth-order valence-electron chi connectivity index (χ4n) is 1.83. The molecule has 0 amide bonds. The lowest BCUT2D eigenvalue weighted by atomic mass is 10.1. The molecule has 0 radical (unpaired) electrons. The average molecular weight is 304 g/mol. The molecule has 0 bridgehead atoms. The highest BCUT2D eigenvalue weighted by Gasteiger charge is 2.31. The molecule has 0 saturated carbocycles. The molecule has 5 nitrogen and oxygen atoms in total. The first kappa shape index (κ1) is 13.1. The van der Waals surface area contributed by atoms with Gasteiger partial charge in [0.2, 0.25) is 0 Å². The van der Waals surface area contributed by atoms with Gasteiger partial charge in [0.1, 0.15) is 9.75 Å². The molecule has 0 spiro atoms. The fraction of sp³-hybridized carbons (Fsp3) is 0.154. The van der Waals surface area contributed by atoms with Crippen molar-refractivity contribution in [3.8, 4) is 10.6 Å². The Bertz CT molecular complexity index is 773. The zero-order valence-electron chi connectivity index (χ0n) is 10.6. The molecule has 2 heterocycles. The Morgan fingerprint density at radius 1 is 1.30 bits per heavy atom. The van der Waals surface area contributed by atoms with Gasteiger partial charge in [0.05, 0.1) is 5.69 Å². The second kappa shape index (κ2) is 4.92. The highest BCUT2D eigenvalue weighted by Crippen LogP contribution is 2.35. The zero-order valence-corrected chi connectivity index (χ0v) is 12.3. The lowest BCUT2D eigenvalue weighted by Gasteiger charge is -2.17. The van der Waals surface area contributed by atoms with E-state index in [2.05, 4.69) is 32.8 Å². The van der Waals surface area contributed by atoms with Crippen molar-refractivity contribution in [3.63, 3.8) is 0 Å². The number of hydrogen-bond acceptors (Lipinski definition) is 5. The lowest BCUT2D eigenvalue weighted by Crippen LogP contribution is -2.19. The molecule has 2 N–H and O–H groups in total. The first-order chi connectivity index (χ1) is 9.57. The second-order valence-corrected chi connectivity index (χ2v) is 6.26. The molecule has 0 aliphatic rings. The number of rotatable bonds is 3. The van der Waals surface area contributed by atoms with Gasteiger partial charge in [0, 0.05) is 10.9 Å². The second-order valence-electron chi connectivity index (χ2n) is 4.50. The van der Waals surface area contributed by atoms with E-state index in [1.165, 1.54) is 0 Å². The molecule has 1 aromatic carbocycles. The third kappa shape index (κ3) is 2.30. The molecule has 7 heteroatoms. The average Bonchev–Trinajstić information content (AvgIpc) is 3.09. The summed E-state index contributed by atoms with van der Waals surface area (Å²) in [7, 11) is 0. The van der Waals surface area contributed by atoms with Gasteiger partial charge >= 0.3 is 5.69 Å². The van der Waals surface area contributed by atoms with Crippen molar-refractivity contribution >= 4 is 24.0 Å². The number of nitrogens with zero attached hydrogens (tertiary/aromatic N) is 2. The van der Waals surface area contributed by atoms with Gasteiger partial charge in [-0.25, -0.2) is 14.9 Å². The van der Waals surface area contributed by atoms with E-state index in [1.807, 2.05) is 42.6 Å². The number of benzene rings is 1. The molecule has 0 aliphatic heterocycles. The van der Waals surface area contributed by atoms with Gasteiger partial charge in [-0.15, -0.1) is 11.3 Å². The van der Waals surface area contributed by atoms with Crippen LogP contribution < -0.4 is 5.69 Å². The monoisotopic (exact) mass is 304 g/mol. The largest absolute Gasteiger partial charge is 0.340 e. The maximum Gasteiger partial charge on any atom is 0.340 e. The van der Waals surface area contributed by atoms with Crippen molar-refractivity contribution in [2.24, 2.45) is 0 Å². The number of thiazole rings is 1. The normalized spacial score (nSPS) is 14.1. The SMILES string of the molecule is CC(S)(c1csc(-c2ccccc2)n1)c1n[nH]c(=O)[nH]1.